The molecule has 2 atom stereocenters. The Hall–Kier alpha value is -2.93. The van der Waals surface area contributed by atoms with Crippen molar-refractivity contribution < 1.29 is 14.7 Å². The lowest BCUT2D eigenvalue weighted by molar-refractivity contribution is -0.120. The Balaban J connectivity index is 1.21. The lowest BCUT2D eigenvalue weighted by atomic mass is 9.88. The SMILES string of the molecule is Cc1cc(C2CC2)cnc1N1CCN(C(=O)c2ccc([C@@H]3C(=O)NCC3CO)cc2)CC1. The van der Waals surface area contributed by atoms with E-state index in [1.807, 2.05) is 23.2 Å². The number of carbonyl (C=O) groups is 2. The summed E-state index contributed by atoms with van der Waals surface area (Å²) < 4.78 is 0. The van der Waals surface area contributed by atoms with E-state index < -0.39 is 0 Å². The third-order valence-corrected chi connectivity index (χ3v) is 7.03. The van der Waals surface area contributed by atoms with Crippen LogP contribution < -0.4 is 10.2 Å². The van der Waals surface area contributed by atoms with Crippen LogP contribution in [0.25, 0.3) is 0 Å². The van der Waals surface area contributed by atoms with Crippen molar-refractivity contribution in [2.75, 3.05) is 44.2 Å². The number of hydrogen-bond acceptors (Lipinski definition) is 5. The second kappa shape index (κ2) is 8.54. The smallest absolute Gasteiger partial charge is 0.253 e. The van der Waals surface area contributed by atoms with Crippen molar-refractivity contribution in [1.82, 2.24) is 15.2 Å². The maximum atomic E-state index is 13.0. The van der Waals surface area contributed by atoms with E-state index in [1.165, 1.54) is 24.0 Å². The normalized spacial score (nSPS) is 23.4. The van der Waals surface area contributed by atoms with Crippen LogP contribution in [0.1, 0.15) is 51.7 Å². The predicted octanol–water partition coefficient (Wildman–Crippen LogP) is 2.05. The number of aliphatic hydroxyl groups is 1. The Morgan fingerprint density at radius 2 is 1.84 bits per heavy atom. The summed E-state index contributed by atoms with van der Waals surface area (Å²) in [5, 5.41) is 12.3. The van der Waals surface area contributed by atoms with Gasteiger partial charge in [-0.15, -0.1) is 0 Å². The second-order valence-electron chi connectivity index (χ2n) is 9.25. The van der Waals surface area contributed by atoms with Gasteiger partial charge in [-0.2, -0.15) is 0 Å². The molecule has 7 nitrogen and oxygen atoms in total. The summed E-state index contributed by atoms with van der Waals surface area (Å²) >= 11 is 0. The van der Waals surface area contributed by atoms with E-state index >= 15 is 0 Å². The van der Waals surface area contributed by atoms with Gasteiger partial charge in [-0.05, 0) is 54.5 Å². The summed E-state index contributed by atoms with van der Waals surface area (Å²) in [6.45, 7) is 5.42. The molecule has 1 aromatic carbocycles. The Morgan fingerprint density at radius 1 is 1.12 bits per heavy atom. The number of carbonyl (C=O) groups excluding carboxylic acids is 2. The van der Waals surface area contributed by atoms with Crippen molar-refractivity contribution in [1.29, 1.82) is 0 Å². The first-order chi connectivity index (χ1) is 15.5. The Morgan fingerprint density at radius 3 is 2.47 bits per heavy atom. The molecule has 1 aliphatic carbocycles. The maximum absolute atomic E-state index is 13.0. The number of hydrogen-bond donors (Lipinski definition) is 2. The van der Waals surface area contributed by atoms with Crippen LogP contribution in [-0.2, 0) is 4.79 Å². The zero-order chi connectivity index (χ0) is 22.2. The Labute approximate surface area is 188 Å². The van der Waals surface area contributed by atoms with Gasteiger partial charge in [0.1, 0.15) is 5.82 Å². The molecule has 7 heteroatoms. The first kappa shape index (κ1) is 20.9. The number of amides is 2. The highest BCUT2D eigenvalue weighted by molar-refractivity contribution is 5.94. The van der Waals surface area contributed by atoms with Gasteiger partial charge in [-0.25, -0.2) is 4.98 Å². The quantitative estimate of drug-likeness (QED) is 0.752. The minimum absolute atomic E-state index is 0.0135. The lowest BCUT2D eigenvalue weighted by Gasteiger charge is -2.36. The molecule has 3 fully saturated rings. The van der Waals surface area contributed by atoms with Gasteiger partial charge in [0, 0.05) is 57.0 Å². The minimum Gasteiger partial charge on any atom is -0.396 e. The molecule has 1 saturated carbocycles. The standard InChI is InChI=1S/C25H30N4O3/c1-16-12-20(17-2-3-17)13-26-23(16)28-8-10-29(11-9-28)25(32)19-6-4-18(5-7-19)22-21(15-30)14-27-24(22)31/h4-7,12-13,17,21-22,30H,2-3,8-11,14-15H2,1H3,(H,27,31)/t21?,22-/m0/s1. The van der Waals surface area contributed by atoms with Crippen molar-refractivity contribution in [3.63, 3.8) is 0 Å². The third-order valence-electron chi connectivity index (χ3n) is 7.03. The molecule has 32 heavy (non-hydrogen) atoms. The van der Waals surface area contributed by atoms with E-state index in [1.54, 1.807) is 12.1 Å². The van der Waals surface area contributed by atoms with Gasteiger partial charge < -0.3 is 20.2 Å². The molecular weight excluding hydrogens is 404 g/mol. The van der Waals surface area contributed by atoms with Crippen molar-refractivity contribution >= 4 is 17.6 Å². The molecule has 0 spiro atoms. The number of nitrogens with one attached hydrogen (secondary N) is 1. The van der Waals surface area contributed by atoms with Crippen molar-refractivity contribution in [3.8, 4) is 0 Å². The Kier molecular flexibility index (Phi) is 5.59. The van der Waals surface area contributed by atoms with Crippen LogP contribution in [0.5, 0.6) is 0 Å². The molecule has 3 aliphatic rings. The highest BCUT2D eigenvalue weighted by Crippen LogP contribution is 2.40. The van der Waals surface area contributed by atoms with Crippen LogP contribution in [-0.4, -0.2) is 66.1 Å². The number of anilines is 1. The highest BCUT2D eigenvalue weighted by atomic mass is 16.3. The minimum atomic E-state index is -0.352. The fraction of sp³-hybridized carbons (Fsp3) is 0.480. The average molecular weight is 435 g/mol. The number of rotatable bonds is 5. The van der Waals surface area contributed by atoms with E-state index in [4.69, 9.17) is 4.98 Å². The highest BCUT2D eigenvalue weighted by Gasteiger charge is 2.35. The van der Waals surface area contributed by atoms with Gasteiger partial charge in [0.25, 0.3) is 5.91 Å². The fourth-order valence-electron chi connectivity index (χ4n) is 4.96. The third kappa shape index (κ3) is 3.97. The molecule has 5 rings (SSSR count). The van der Waals surface area contributed by atoms with Crippen LogP contribution in [0, 0.1) is 12.8 Å². The molecule has 1 aromatic heterocycles. The van der Waals surface area contributed by atoms with Crippen molar-refractivity contribution in [3.05, 3.63) is 58.8 Å². The predicted molar refractivity (Wildman–Crippen MR) is 122 cm³/mol. The van der Waals surface area contributed by atoms with Crippen LogP contribution >= 0.6 is 0 Å². The van der Waals surface area contributed by atoms with Crippen molar-refractivity contribution in [2.45, 2.75) is 31.6 Å². The monoisotopic (exact) mass is 434 g/mol. The molecule has 2 amide bonds. The van der Waals surface area contributed by atoms with Gasteiger partial charge in [0.2, 0.25) is 5.91 Å². The van der Waals surface area contributed by atoms with Crippen LogP contribution in [0.15, 0.2) is 36.5 Å². The summed E-state index contributed by atoms with van der Waals surface area (Å²) in [6.07, 6.45) is 4.57. The largest absolute Gasteiger partial charge is 0.396 e. The van der Waals surface area contributed by atoms with Crippen LogP contribution in [0.2, 0.25) is 0 Å². The molecule has 2 aliphatic heterocycles. The van der Waals surface area contributed by atoms with Crippen LogP contribution in [0.3, 0.4) is 0 Å². The number of nitrogens with zero attached hydrogens (tertiary/aromatic N) is 3. The maximum Gasteiger partial charge on any atom is 0.253 e. The summed E-state index contributed by atoms with van der Waals surface area (Å²) in [5.41, 5.74) is 4.03. The zero-order valence-electron chi connectivity index (χ0n) is 18.5. The first-order valence-electron chi connectivity index (χ1n) is 11.5. The topological polar surface area (TPSA) is 85.8 Å². The van der Waals surface area contributed by atoms with Gasteiger partial charge in [0.15, 0.2) is 0 Å². The van der Waals surface area contributed by atoms with E-state index in [0.29, 0.717) is 31.1 Å². The molecule has 2 saturated heterocycles. The molecule has 2 N–H and O–H groups in total. The number of aryl methyl sites for hydroxylation is 1. The second-order valence-corrected chi connectivity index (χ2v) is 9.25. The summed E-state index contributed by atoms with van der Waals surface area (Å²) in [7, 11) is 0. The van der Waals surface area contributed by atoms with E-state index in [0.717, 1.165) is 24.5 Å². The van der Waals surface area contributed by atoms with Crippen LogP contribution in [0.4, 0.5) is 5.82 Å². The summed E-state index contributed by atoms with van der Waals surface area (Å²) in [6, 6.07) is 9.55. The van der Waals surface area contributed by atoms with Gasteiger partial charge >= 0.3 is 0 Å². The van der Waals surface area contributed by atoms with Gasteiger partial charge in [-0.3, -0.25) is 9.59 Å². The van der Waals surface area contributed by atoms with Gasteiger partial charge in [0.05, 0.1) is 5.92 Å². The first-order valence-corrected chi connectivity index (χ1v) is 11.5. The fourth-order valence-corrected chi connectivity index (χ4v) is 4.96. The van der Waals surface area contributed by atoms with E-state index in [2.05, 4.69) is 23.2 Å². The average Bonchev–Trinajstić information content (AvgIpc) is 3.61. The van der Waals surface area contributed by atoms with E-state index in [-0.39, 0.29) is 30.3 Å². The zero-order valence-corrected chi connectivity index (χ0v) is 18.5. The number of aliphatic hydroxyl groups excluding tert-OH is 1. The summed E-state index contributed by atoms with van der Waals surface area (Å²) in [5.74, 6) is 1.21. The van der Waals surface area contributed by atoms with Gasteiger partial charge in [-0.1, -0.05) is 18.2 Å². The molecule has 1 unspecified atom stereocenters. The molecule has 0 radical (unpaired) electrons. The number of benzene rings is 1. The molecule has 2 aromatic rings. The summed E-state index contributed by atoms with van der Waals surface area (Å²) in [4.78, 5) is 34.0. The molecule has 3 heterocycles. The number of aromatic nitrogens is 1. The van der Waals surface area contributed by atoms with Crippen molar-refractivity contribution in [2.24, 2.45) is 5.92 Å². The molecule has 168 valence electrons. The van der Waals surface area contributed by atoms with E-state index in [9.17, 15) is 14.7 Å². The molecule has 0 bridgehead atoms. The number of pyridine rings is 1. The lowest BCUT2D eigenvalue weighted by Crippen LogP contribution is -2.49. The number of piperazine rings is 1. The molecular formula is C25H30N4O3. The Bertz CT molecular complexity index is 1010.